The molecule has 0 aromatic carbocycles. The molecule has 0 saturated carbocycles. The van der Waals surface area contributed by atoms with Crippen molar-refractivity contribution in [1.82, 2.24) is 5.32 Å². The molecule has 1 aliphatic heterocycles. The minimum Gasteiger partial charge on any atom is -0.309 e. The van der Waals surface area contributed by atoms with Gasteiger partial charge in [0.1, 0.15) is 0 Å². The van der Waals surface area contributed by atoms with Crippen LogP contribution in [0.5, 0.6) is 0 Å². The van der Waals surface area contributed by atoms with Crippen molar-refractivity contribution in [3.63, 3.8) is 0 Å². The molecule has 0 unspecified atom stereocenters. The van der Waals surface area contributed by atoms with Gasteiger partial charge < -0.3 is 5.32 Å². The Morgan fingerprint density at radius 3 is 3.07 bits per heavy atom. The highest BCUT2D eigenvalue weighted by Crippen LogP contribution is 2.14. The Hall–Kier alpha value is -0.890. The van der Waals surface area contributed by atoms with Gasteiger partial charge in [-0.25, -0.2) is 0 Å². The summed E-state index contributed by atoms with van der Waals surface area (Å²) in [6.45, 7) is 6.95. The van der Waals surface area contributed by atoms with Gasteiger partial charge in [-0.3, -0.25) is 4.99 Å². The number of nitrogens with one attached hydrogen (secondary N) is 1. The molecule has 1 fully saturated rings. The smallest absolute Gasteiger partial charge is 0.0565 e. The molecule has 1 aliphatic rings. The lowest BCUT2D eigenvalue weighted by molar-refractivity contribution is 0.684. The lowest BCUT2D eigenvalue weighted by Gasteiger charge is -2.08. The molecule has 0 bridgehead atoms. The van der Waals surface area contributed by atoms with Crippen LogP contribution in [-0.2, 0) is 0 Å². The third kappa shape index (κ3) is 4.43. The van der Waals surface area contributed by atoms with Gasteiger partial charge in [0, 0.05) is 6.04 Å². The minimum absolute atomic E-state index is 0.429. The largest absolute Gasteiger partial charge is 0.309 e. The van der Waals surface area contributed by atoms with E-state index in [1.54, 1.807) is 0 Å². The fourth-order valence-corrected chi connectivity index (χ4v) is 1.80. The first-order chi connectivity index (χ1) is 7.38. The average molecular weight is 206 g/mol. The van der Waals surface area contributed by atoms with Crippen molar-refractivity contribution in [3.8, 4) is 0 Å². The van der Waals surface area contributed by atoms with Gasteiger partial charge >= 0.3 is 0 Å². The van der Waals surface area contributed by atoms with Crippen LogP contribution < -0.4 is 5.32 Å². The topological polar surface area (TPSA) is 24.4 Å². The number of aliphatic imine (C=N–C) groups is 1. The molecule has 1 saturated heterocycles. The first kappa shape index (κ1) is 12.2. The maximum Gasteiger partial charge on any atom is 0.0565 e. The van der Waals surface area contributed by atoms with Crippen LogP contribution in [0.15, 0.2) is 28.9 Å². The van der Waals surface area contributed by atoms with Crippen LogP contribution in [0.2, 0.25) is 0 Å². The monoisotopic (exact) mass is 206 g/mol. The second-order valence-corrected chi connectivity index (χ2v) is 3.97. The molecule has 1 heterocycles. The summed E-state index contributed by atoms with van der Waals surface area (Å²) >= 11 is 0. The van der Waals surface area contributed by atoms with E-state index in [2.05, 4.69) is 42.2 Å². The highest BCUT2D eigenvalue weighted by molar-refractivity contribution is 5.32. The second-order valence-electron chi connectivity index (χ2n) is 3.97. The lowest BCUT2D eigenvalue weighted by Crippen LogP contribution is -2.22. The van der Waals surface area contributed by atoms with E-state index in [1.807, 2.05) is 0 Å². The van der Waals surface area contributed by atoms with E-state index >= 15 is 0 Å². The fourth-order valence-electron chi connectivity index (χ4n) is 1.80. The van der Waals surface area contributed by atoms with Crippen molar-refractivity contribution in [2.75, 3.05) is 6.54 Å². The van der Waals surface area contributed by atoms with Crippen molar-refractivity contribution >= 4 is 6.72 Å². The summed E-state index contributed by atoms with van der Waals surface area (Å²) in [6.07, 6.45) is 12.5. The van der Waals surface area contributed by atoms with E-state index in [9.17, 15) is 0 Å². The number of rotatable bonds is 6. The molecule has 1 N–H and O–H groups in total. The summed E-state index contributed by atoms with van der Waals surface area (Å²) in [5.74, 6) is 0. The SMILES string of the molecule is C=N/C(=C\C=C/CCCC)[C@H]1CCCN1. The molecule has 0 radical (unpaired) electrons. The molecule has 84 valence electrons. The summed E-state index contributed by atoms with van der Waals surface area (Å²) in [7, 11) is 0. The number of hydrogen-bond donors (Lipinski definition) is 1. The van der Waals surface area contributed by atoms with E-state index in [4.69, 9.17) is 0 Å². The standard InChI is InChI=1S/C13H22N2/c1-3-4-5-6-7-9-12(14-2)13-10-8-11-15-13/h6-7,9,13,15H,2-5,8,10-11H2,1H3/b7-6-,12-9-/t13-/m1/s1. The average Bonchev–Trinajstić information content (AvgIpc) is 2.77. The number of allylic oxidation sites excluding steroid dienone is 3. The Balaban J connectivity index is 2.39. The molecule has 0 amide bonds. The number of nitrogens with zero attached hydrogens (tertiary/aromatic N) is 1. The molecular weight excluding hydrogens is 184 g/mol. The molecule has 0 spiro atoms. The third-order valence-corrected chi connectivity index (χ3v) is 2.73. The van der Waals surface area contributed by atoms with E-state index in [1.165, 1.54) is 25.7 Å². The van der Waals surface area contributed by atoms with Gasteiger partial charge in [-0.2, -0.15) is 0 Å². The van der Waals surface area contributed by atoms with Crippen molar-refractivity contribution in [2.45, 2.75) is 45.1 Å². The number of hydrogen-bond acceptors (Lipinski definition) is 2. The van der Waals surface area contributed by atoms with Gasteiger partial charge in [0.15, 0.2) is 0 Å². The Labute approximate surface area is 93.2 Å². The van der Waals surface area contributed by atoms with Crippen molar-refractivity contribution in [3.05, 3.63) is 23.9 Å². The van der Waals surface area contributed by atoms with Crippen LogP contribution in [0.1, 0.15) is 39.0 Å². The van der Waals surface area contributed by atoms with Crippen LogP contribution >= 0.6 is 0 Å². The van der Waals surface area contributed by atoms with Crippen molar-refractivity contribution in [1.29, 1.82) is 0 Å². The fraction of sp³-hybridized carbons (Fsp3) is 0.615. The van der Waals surface area contributed by atoms with Crippen molar-refractivity contribution < 1.29 is 0 Å². The first-order valence-electron chi connectivity index (χ1n) is 5.95. The van der Waals surface area contributed by atoms with Crippen LogP contribution in [-0.4, -0.2) is 19.3 Å². The van der Waals surface area contributed by atoms with E-state index in [0.29, 0.717) is 6.04 Å². The van der Waals surface area contributed by atoms with Gasteiger partial charge in [-0.15, -0.1) is 0 Å². The predicted octanol–water partition coefficient (Wildman–Crippen LogP) is 3.07. The molecule has 1 atom stereocenters. The molecule has 1 rings (SSSR count). The zero-order valence-electron chi connectivity index (χ0n) is 9.71. The highest BCUT2D eigenvalue weighted by atomic mass is 15.0. The zero-order chi connectivity index (χ0) is 10.9. The summed E-state index contributed by atoms with van der Waals surface area (Å²) in [4.78, 5) is 4.09. The van der Waals surface area contributed by atoms with E-state index in [-0.39, 0.29) is 0 Å². The third-order valence-electron chi connectivity index (χ3n) is 2.73. The molecule has 0 aromatic heterocycles. The molecular formula is C13H22N2. The maximum atomic E-state index is 4.09. The van der Waals surface area contributed by atoms with Crippen LogP contribution in [0, 0.1) is 0 Å². The molecule has 0 aliphatic carbocycles. The van der Waals surface area contributed by atoms with E-state index in [0.717, 1.165) is 18.7 Å². The van der Waals surface area contributed by atoms with Crippen LogP contribution in [0.3, 0.4) is 0 Å². The van der Waals surface area contributed by atoms with Gasteiger partial charge in [-0.1, -0.05) is 31.9 Å². The Morgan fingerprint density at radius 1 is 1.60 bits per heavy atom. The van der Waals surface area contributed by atoms with E-state index < -0.39 is 0 Å². The van der Waals surface area contributed by atoms with Crippen molar-refractivity contribution in [2.24, 2.45) is 4.99 Å². The molecule has 0 aromatic rings. The Kier molecular flexibility index (Phi) is 6.02. The summed E-state index contributed by atoms with van der Waals surface area (Å²) in [5, 5.41) is 3.42. The highest BCUT2D eigenvalue weighted by Gasteiger charge is 2.16. The Morgan fingerprint density at radius 2 is 2.47 bits per heavy atom. The van der Waals surface area contributed by atoms with Gasteiger partial charge in [-0.05, 0) is 38.6 Å². The zero-order valence-corrected chi connectivity index (χ0v) is 9.71. The second kappa shape index (κ2) is 7.41. The van der Waals surface area contributed by atoms with Crippen LogP contribution in [0.25, 0.3) is 0 Å². The summed E-state index contributed by atoms with van der Waals surface area (Å²) in [6, 6.07) is 0.429. The molecule has 2 nitrogen and oxygen atoms in total. The molecule has 2 heteroatoms. The van der Waals surface area contributed by atoms with Gasteiger partial charge in [0.05, 0.1) is 5.70 Å². The maximum absolute atomic E-state index is 4.09. The predicted molar refractivity (Wildman–Crippen MR) is 67.3 cm³/mol. The first-order valence-corrected chi connectivity index (χ1v) is 5.95. The number of unbranched alkanes of at least 4 members (excludes halogenated alkanes) is 2. The lowest BCUT2D eigenvalue weighted by atomic mass is 10.1. The summed E-state index contributed by atoms with van der Waals surface area (Å²) < 4.78 is 0. The van der Waals surface area contributed by atoms with Gasteiger partial charge in [0.25, 0.3) is 0 Å². The normalized spacial score (nSPS) is 22.5. The van der Waals surface area contributed by atoms with Gasteiger partial charge in [0.2, 0.25) is 0 Å². The van der Waals surface area contributed by atoms with Crippen LogP contribution in [0.4, 0.5) is 0 Å². The Bertz CT molecular complexity index is 235. The minimum atomic E-state index is 0.429. The summed E-state index contributed by atoms with van der Waals surface area (Å²) in [5.41, 5.74) is 1.08. The molecule has 15 heavy (non-hydrogen) atoms. The quantitative estimate of drug-likeness (QED) is 0.403.